The van der Waals surface area contributed by atoms with Crippen LogP contribution in [0, 0.1) is 6.92 Å². The number of halogens is 1. The van der Waals surface area contributed by atoms with Gasteiger partial charge < -0.3 is 15.0 Å². The van der Waals surface area contributed by atoms with Crippen LogP contribution in [-0.4, -0.2) is 23.9 Å². The molecule has 0 aliphatic carbocycles. The summed E-state index contributed by atoms with van der Waals surface area (Å²) in [5.74, 6) is 1.00. The highest BCUT2D eigenvalue weighted by Gasteiger charge is 2.16. The molecule has 0 bridgehead atoms. The van der Waals surface area contributed by atoms with Crippen LogP contribution in [0.3, 0.4) is 0 Å². The Morgan fingerprint density at radius 3 is 2.95 bits per heavy atom. The lowest BCUT2D eigenvalue weighted by atomic mass is 10.1. The molecule has 2 N–H and O–H groups in total. The number of hydrogen-bond acceptors (Lipinski definition) is 5. The molecule has 102 valence electrons. The van der Waals surface area contributed by atoms with Crippen LogP contribution < -0.4 is 5.73 Å². The quantitative estimate of drug-likeness (QED) is 0.914. The first-order valence-corrected chi connectivity index (χ1v) is 6.75. The normalized spacial score (nSPS) is 12.6. The minimum Gasteiger partial charge on any atom is -0.385 e. The van der Waals surface area contributed by atoms with E-state index in [0.29, 0.717) is 24.7 Å². The maximum Gasteiger partial charge on any atom is 0.243 e. The van der Waals surface area contributed by atoms with E-state index >= 15 is 0 Å². The average molecular weight is 326 g/mol. The van der Waals surface area contributed by atoms with E-state index in [1.165, 1.54) is 0 Å². The lowest BCUT2D eigenvalue weighted by molar-refractivity contribution is 0.182. The third-order valence-electron chi connectivity index (χ3n) is 2.82. The summed E-state index contributed by atoms with van der Waals surface area (Å²) in [5, 5.41) is 3.98. The van der Waals surface area contributed by atoms with Crippen molar-refractivity contribution in [1.82, 2.24) is 10.1 Å². The Morgan fingerprint density at radius 2 is 2.26 bits per heavy atom. The molecule has 0 fully saturated rings. The highest BCUT2D eigenvalue weighted by atomic mass is 79.9. The largest absolute Gasteiger partial charge is 0.385 e. The molecule has 0 amide bonds. The second-order valence-corrected chi connectivity index (χ2v) is 5.22. The molecule has 1 aromatic carbocycles. The highest BCUT2D eigenvalue weighted by Crippen LogP contribution is 2.25. The number of nitrogens with two attached hydrogens (primary N) is 1. The van der Waals surface area contributed by atoms with Gasteiger partial charge in [-0.2, -0.15) is 4.98 Å². The van der Waals surface area contributed by atoms with Crippen molar-refractivity contribution in [3.8, 4) is 11.4 Å². The predicted molar refractivity (Wildman–Crippen MR) is 75.6 cm³/mol. The third-order valence-corrected chi connectivity index (χ3v) is 3.31. The van der Waals surface area contributed by atoms with Crippen LogP contribution in [0.1, 0.15) is 23.9 Å². The fourth-order valence-electron chi connectivity index (χ4n) is 1.74. The standard InChI is InChI=1S/C13H16BrN3O2/c1-8-7-9(14)3-4-10(8)12-16-13(19-17-12)11(15)5-6-18-2/h3-4,7,11H,5-6,15H2,1-2H3. The summed E-state index contributed by atoms with van der Waals surface area (Å²) in [6.07, 6.45) is 0.650. The predicted octanol–water partition coefficient (Wildman–Crippen LogP) is 2.84. The molecule has 19 heavy (non-hydrogen) atoms. The van der Waals surface area contributed by atoms with Gasteiger partial charge in [-0.15, -0.1) is 0 Å². The van der Waals surface area contributed by atoms with Crippen molar-refractivity contribution in [2.24, 2.45) is 5.73 Å². The molecular formula is C13H16BrN3O2. The maximum absolute atomic E-state index is 5.95. The van der Waals surface area contributed by atoms with E-state index in [2.05, 4.69) is 26.1 Å². The van der Waals surface area contributed by atoms with Crippen molar-refractivity contribution in [2.45, 2.75) is 19.4 Å². The fraction of sp³-hybridized carbons (Fsp3) is 0.385. The molecule has 0 saturated carbocycles. The first kappa shape index (κ1) is 14.2. The summed E-state index contributed by atoms with van der Waals surface area (Å²) in [5.41, 5.74) is 7.97. The molecular weight excluding hydrogens is 310 g/mol. The molecule has 0 radical (unpaired) electrons. The molecule has 5 nitrogen and oxygen atoms in total. The number of benzene rings is 1. The SMILES string of the molecule is COCCC(N)c1nc(-c2ccc(Br)cc2C)no1. The Bertz CT molecular complexity index is 557. The number of nitrogens with zero attached hydrogens (tertiary/aromatic N) is 2. The van der Waals surface area contributed by atoms with Crippen LogP contribution in [0.2, 0.25) is 0 Å². The van der Waals surface area contributed by atoms with Gasteiger partial charge in [0.15, 0.2) is 0 Å². The molecule has 2 aromatic rings. The third kappa shape index (κ3) is 3.40. The summed E-state index contributed by atoms with van der Waals surface area (Å²) < 4.78 is 11.2. The molecule has 0 aliphatic rings. The van der Waals surface area contributed by atoms with Crippen LogP contribution in [0.25, 0.3) is 11.4 Å². The monoisotopic (exact) mass is 325 g/mol. The lowest BCUT2D eigenvalue weighted by Gasteiger charge is -2.04. The topological polar surface area (TPSA) is 74.2 Å². The number of methoxy groups -OCH3 is 1. The molecule has 0 aliphatic heterocycles. The van der Waals surface area contributed by atoms with Gasteiger partial charge in [0.1, 0.15) is 0 Å². The van der Waals surface area contributed by atoms with Crippen LogP contribution in [0.5, 0.6) is 0 Å². The van der Waals surface area contributed by atoms with Crippen LogP contribution >= 0.6 is 15.9 Å². The molecule has 1 aromatic heterocycles. The Labute approximate surface area is 120 Å². The van der Waals surface area contributed by atoms with E-state index in [9.17, 15) is 0 Å². The van der Waals surface area contributed by atoms with Crippen LogP contribution in [-0.2, 0) is 4.74 Å². The molecule has 1 heterocycles. The number of ether oxygens (including phenoxy) is 1. The van der Waals surface area contributed by atoms with Crippen molar-refractivity contribution >= 4 is 15.9 Å². The van der Waals surface area contributed by atoms with Gasteiger partial charge in [0.2, 0.25) is 11.7 Å². The number of rotatable bonds is 5. The van der Waals surface area contributed by atoms with Gasteiger partial charge in [-0.25, -0.2) is 0 Å². The van der Waals surface area contributed by atoms with Gasteiger partial charge in [-0.05, 0) is 37.1 Å². The fourth-order valence-corrected chi connectivity index (χ4v) is 2.22. The lowest BCUT2D eigenvalue weighted by Crippen LogP contribution is -2.13. The molecule has 2 rings (SSSR count). The average Bonchev–Trinajstić information content (AvgIpc) is 2.85. The van der Waals surface area contributed by atoms with Gasteiger partial charge >= 0.3 is 0 Å². The zero-order chi connectivity index (χ0) is 13.8. The first-order chi connectivity index (χ1) is 9.11. The van der Waals surface area contributed by atoms with Crippen LogP contribution in [0.15, 0.2) is 27.2 Å². The summed E-state index contributed by atoms with van der Waals surface area (Å²) >= 11 is 3.43. The van der Waals surface area contributed by atoms with Crippen molar-refractivity contribution in [3.63, 3.8) is 0 Å². The minimum absolute atomic E-state index is 0.294. The van der Waals surface area contributed by atoms with Gasteiger partial charge in [-0.3, -0.25) is 0 Å². The Kier molecular flexibility index (Phi) is 4.68. The first-order valence-electron chi connectivity index (χ1n) is 5.96. The number of aryl methyl sites for hydroxylation is 1. The van der Waals surface area contributed by atoms with Gasteiger partial charge in [0, 0.05) is 23.8 Å². The van der Waals surface area contributed by atoms with Crippen molar-refractivity contribution in [3.05, 3.63) is 34.1 Å². The van der Waals surface area contributed by atoms with Gasteiger partial charge in [-0.1, -0.05) is 21.1 Å². The second kappa shape index (κ2) is 6.27. The summed E-state index contributed by atoms with van der Waals surface area (Å²) in [6.45, 7) is 2.57. The van der Waals surface area contributed by atoms with E-state index in [1.54, 1.807) is 7.11 Å². The van der Waals surface area contributed by atoms with E-state index < -0.39 is 0 Å². The highest BCUT2D eigenvalue weighted by molar-refractivity contribution is 9.10. The molecule has 6 heteroatoms. The van der Waals surface area contributed by atoms with Crippen LogP contribution in [0.4, 0.5) is 0 Å². The number of aromatic nitrogens is 2. The number of hydrogen-bond donors (Lipinski definition) is 1. The molecule has 1 unspecified atom stereocenters. The summed E-state index contributed by atoms with van der Waals surface area (Å²) in [7, 11) is 1.64. The Morgan fingerprint density at radius 1 is 1.47 bits per heavy atom. The van der Waals surface area contributed by atoms with Crippen molar-refractivity contribution in [1.29, 1.82) is 0 Å². The minimum atomic E-state index is -0.294. The van der Waals surface area contributed by atoms with E-state index in [-0.39, 0.29) is 6.04 Å². The Balaban J connectivity index is 2.20. The molecule has 0 spiro atoms. The summed E-state index contributed by atoms with van der Waals surface area (Å²) in [4.78, 5) is 4.35. The van der Waals surface area contributed by atoms with Gasteiger partial charge in [0.25, 0.3) is 0 Å². The maximum atomic E-state index is 5.95. The van der Waals surface area contributed by atoms with E-state index in [0.717, 1.165) is 15.6 Å². The van der Waals surface area contributed by atoms with Crippen molar-refractivity contribution < 1.29 is 9.26 Å². The zero-order valence-electron chi connectivity index (χ0n) is 10.9. The van der Waals surface area contributed by atoms with Gasteiger partial charge in [0.05, 0.1) is 6.04 Å². The smallest absolute Gasteiger partial charge is 0.243 e. The second-order valence-electron chi connectivity index (χ2n) is 4.30. The van der Waals surface area contributed by atoms with E-state index in [1.807, 2.05) is 25.1 Å². The molecule has 0 saturated heterocycles. The van der Waals surface area contributed by atoms with E-state index in [4.69, 9.17) is 15.0 Å². The summed E-state index contributed by atoms with van der Waals surface area (Å²) in [6, 6.07) is 5.62. The zero-order valence-corrected chi connectivity index (χ0v) is 12.5. The van der Waals surface area contributed by atoms with Crippen molar-refractivity contribution in [2.75, 3.05) is 13.7 Å². The molecule has 1 atom stereocenters. The Hall–Kier alpha value is -1.24.